The molecule has 0 bridgehead atoms. The van der Waals surface area contributed by atoms with Crippen LogP contribution in [0.15, 0.2) is 0 Å². The van der Waals surface area contributed by atoms with Crippen molar-refractivity contribution in [1.82, 2.24) is 5.32 Å². The van der Waals surface area contributed by atoms with Gasteiger partial charge in [-0.2, -0.15) is 0 Å². The number of amides is 1. The molecule has 0 saturated carbocycles. The summed E-state index contributed by atoms with van der Waals surface area (Å²) in [5.41, 5.74) is 0.621. The van der Waals surface area contributed by atoms with Crippen molar-refractivity contribution in [1.29, 1.82) is 0 Å². The standard InChI is InChI=1S/C19H39NO/c1-8-13-18(6,9-2)14-19(7,10-3)15-20-17(21)12-11-16(4)5/h16H,8-15H2,1-7H3,(H,20,21). The van der Waals surface area contributed by atoms with E-state index < -0.39 is 0 Å². The zero-order valence-electron chi connectivity index (χ0n) is 15.6. The van der Waals surface area contributed by atoms with Crippen LogP contribution in [0, 0.1) is 16.7 Å². The smallest absolute Gasteiger partial charge is 0.220 e. The number of hydrogen-bond donors (Lipinski definition) is 1. The Balaban J connectivity index is 4.48. The van der Waals surface area contributed by atoms with E-state index in [9.17, 15) is 4.79 Å². The molecule has 126 valence electrons. The lowest BCUT2D eigenvalue weighted by molar-refractivity contribution is -0.122. The second-order valence-electron chi connectivity index (χ2n) is 7.96. The number of hydrogen-bond acceptors (Lipinski definition) is 1. The zero-order chi connectivity index (χ0) is 16.5. The van der Waals surface area contributed by atoms with Crippen LogP contribution >= 0.6 is 0 Å². The van der Waals surface area contributed by atoms with Crippen molar-refractivity contribution in [3.8, 4) is 0 Å². The van der Waals surface area contributed by atoms with Crippen molar-refractivity contribution in [3.05, 3.63) is 0 Å². The highest BCUT2D eigenvalue weighted by Gasteiger charge is 2.32. The van der Waals surface area contributed by atoms with Crippen molar-refractivity contribution >= 4 is 5.91 Å². The highest BCUT2D eigenvalue weighted by Crippen LogP contribution is 2.41. The van der Waals surface area contributed by atoms with Gasteiger partial charge in [0.2, 0.25) is 5.91 Å². The molecule has 0 aromatic carbocycles. The lowest BCUT2D eigenvalue weighted by Crippen LogP contribution is -2.38. The summed E-state index contributed by atoms with van der Waals surface area (Å²) in [4.78, 5) is 12.0. The van der Waals surface area contributed by atoms with Gasteiger partial charge in [-0.1, -0.05) is 61.3 Å². The van der Waals surface area contributed by atoms with Gasteiger partial charge in [-0.25, -0.2) is 0 Å². The van der Waals surface area contributed by atoms with E-state index >= 15 is 0 Å². The van der Waals surface area contributed by atoms with Gasteiger partial charge in [0.1, 0.15) is 0 Å². The van der Waals surface area contributed by atoms with Gasteiger partial charge in [0.05, 0.1) is 0 Å². The van der Waals surface area contributed by atoms with Crippen LogP contribution in [-0.2, 0) is 4.79 Å². The van der Waals surface area contributed by atoms with Crippen LogP contribution in [0.1, 0.15) is 93.4 Å². The summed E-state index contributed by atoms with van der Waals surface area (Å²) < 4.78 is 0. The Kier molecular flexibility index (Phi) is 9.24. The molecule has 0 saturated heterocycles. The van der Waals surface area contributed by atoms with Crippen LogP contribution < -0.4 is 5.32 Å². The molecule has 0 aromatic rings. The van der Waals surface area contributed by atoms with Gasteiger partial charge in [0.15, 0.2) is 0 Å². The first-order valence-corrected chi connectivity index (χ1v) is 8.97. The topological polar surface area (TPSA) is 29.1 Å². The SMILES string of the molecule is CCCC(C)(CC)CC(C)(CC)CNC(=O)CCC(C)C. The first kappa shape index (κ1) is 20.5. The normalized spacial score (nSPS) is 17.3. The van der Waals surface area contributed by atoms with Gasteiger partial charge >= 0.3 is 0 Å². The highest BCUT2D eigenvalue weighted by molar-refractivity contribution is 5.75. The molecule has 0 aliphatic carbocycles. The number of rotatable bonds is 11. The van der Waals surface area contributed by atoms with Crippen LogP contribution in [0.25, 0.3) is 0 Å². The van der Waals surface area contributed by atoms with Crippen molar-refractivity contribution < 1.29 is 4.79 Å². The molecule has 2 heteroatoms. The maximum atomic E-state index is 12.0. The van der Waals surface area contributed by atoms with Crippen molar-refractivity contribution in [2.45, 2.75) is 93.4 Å². The van der Waals surface area contributed by atoms with Crippen LogP contribution in [0.3, 0.4) is 0 Å². The fourth-order valence-corrected chi connectivity index (χ4v) is 3.16. The molecule has 0 rings (SSSR count). The predicted octanol–water partition coefficient (Wildman–Crippen LogP) is 5.56. The van der Waals surface area contributed by atoms with Gasteiger partial charge in [0, 0.05) is 13.0 Å². The van der Waals surface area contributed by atoms with E-state index in [1.54, 1.807) is 0 Å². The summed E-state index contributed by atoms with van der Waals surface area (Å²) in [5, 5.41) is 3.18. The van der Waals surface area contributed by atoms with Crippen LogP contribution in [-0.4, -0.2) is 12.5 Å². The lowest BCUT2D eigenvalue weighted by Gasteiger charge is -2.39. The van der Waals surface area contributed by atoms with Crippen LogP contribution in [0.5, 0.6) is 0 Å². The van der Waals surface area contributed by atoms with Gasteiger partial charge in [-0.05, 0) is 42.4 Å². The summed E-state index contributed by atoms with van der Waals surface area (Å²) in [6, 6.07) is 0. The Morgan fingerprint density at radius 1 is 1.05 bits per heavy atom. The van der Waals surface area contributed by atoms with Crippen molar-refractivity contribution in [3.63, 3.8) is 0 Å². The molecule has 2 unspecified atom stereocenters. The van der Waals surface area contributed by atoms with Gasteiger partial charge in [-0.15, -0.1) is 0 Å². The predicted molar refractivity (Wildman–Crippen MR) is 93.4 cm³/mol. The van der Waals surface area contributed by atoms with E-state index in [-0.39, 0.29) is 11.3 Å². The van der Waals surface area contributed by atoms with E-state index in [2.05, 4.69) is 53.8 Å². The van der Waals surface area contributed by atoms with Gasteiger partial charge < -0.3 is 5.32 Å². The first-order valence-electron chi connectivity index (χ1n) is 8.97. The Morgan fingerprint density at radius 2 is 1.62 bits per heavy atom. The molecular weight excluding hydrogens is 258 g/mol. The van der Waals surface area contributed by atoms with Crippen LogP contribution in [0.4, 0.5) is 0 Å². The van der Waals surface area contributed by atoms with E-state index in [0.717, 1.165) is 19.4 Å². The second-order valence-corrected chi connectivity index (χ2v) is 7.96. The summed E-state index contributed by atoms with van der Waals surface area (Å²) in [6.07, 6.45) is 7.71. The fraction of sp³-hybridized carbons (Fsp3) is 0.947. The summed E-state index contributed by atoms with van der Waals surface area (Å²) in [5.74, 6) is 0.818. The molecule has 0 spiro atoms. The Hall–Kier alpha value is -0.530. The van der Waals surface area contributed by atoms with Gasteiger partial charge in [-0.3, -0.25) is 4.79 Å². The average molecular weight is 298 g/mol. The van der Waals surface area contributed by atoms with Crippen LogP contribution in [0.2, 0.25) is 0 Å². The minimum atomic E-state index is 0.216. The molecule has 0 aliphatic heterocycles. The minimum absolute atomic E-state index is 0.216. The molecule has 0 aromatic heterocycles. The second kappa shape index (κ2) is 9.48. The number of carbonyl (C=O) groups is 1. The molecule has 0 heterocycles. The molecule has 0 aliphatic rings. The molecule has 21 heavy (non-hydrogen) atoms. The maximum Gasteiger partial charge on any atom is 0.220 e. The Bertz CT molecular complexity index is 300. The van der Waals surface area contributed by atoms with Crippen molar-refractivity contribution in [2.75, 3.05) is 6.54 Å². The Labute approximate surface area is 133 Å². The molecule has 0 radical (unpaired) electrons. The van der Waals surface area contributed by atoms with E-state index in [1.807, 2.05) is 0 Å². The summed E-state index contributed by atoms with van der Waals surface area (Å²) >= 11 is 0. The van der Waals surface area contributed by atoms with E-state index in [1.165, 1.54) is 25.7 Å². The quantitative estimate of drug-likeness (QED) is 0.531. The van der Waals surface area contributed by atoms with Gasteiger partial charge in [0.25, 0.3) is 0 Å². The monoisotopic (exact) mass is 297 g/mol. The molecule has 0 fully saturated rings. The molecule has 2 atom stereocenters. The molecule has 1 amide bonds. The highest BCUT2D eigenvalue weighted by atomic mass is 16.1. The third kappa shape index (κ3) is 8.48. The third-order valence-corrected chi connectivity index (χ3v) is 5.08. The van der Waals surface area contributed by atoms with E-state index in [4.69, 9.17) is 0 Å². The number of carbonyl (C=O) groups excluding carboxylic acids is 1. The molecular formula is C19H39NO. The van der Waals surface area contributed by atoms with Crippen molar-refractivity contribution in [2.24, 2.45) is 16.7 Å². The third-order valence-electron chi connectivity index (χ3n) is 5.08. The lowest BCUT2D eigenvalue weighted by atomic mass is 9.68. The molecule has 1 N–H and O–H groups in total. The fourth-order valence-electron chi connectivity index (χ4n) is 3.16. The average Bonchev–Trinajstić information content (AvgIpc) is 2.43. The summed E-state index contributed by atoms with van der Waals surface area (Å²) in [6.45, 7) is 16.7. The first-order chi connectivity index (χ1) is 9.70. The van der Waals surface area contributed by atoms with E-state index in [0.29, 0.717) is 17.8 Å². The largest absolute Gasteiger partial charge is 0.356 e. The number of nitrogens with one attached hydrogen (secondary N) is 1. The summed E-state index contributed by atoms with van der Waals surface area (Å²) in [7, 11) is 0. The molecule has 2 nitrogen and oxygen atoms in total. The maximum absolute atomic E-state index is 12.0. The Morgan fingerprint density at radius 3 is 2.05 bits per heavy atom. The minimum Gasteiger partial charge on any atom is -0.356 e. The zero-order valence-corrected chi connectivity index (χ0v) is 15.6.